The Morgan fingerprint density at radius 1 is 1.00 bits per heavy atom. The van der Waals surface area contributed by atoms with Gasteiger partial charge in [-0.05, 0) is 68.7 Å². The molecule has 42 heavy (non-hydrogen) atoms. The monoisotopic (exact) mass is 616 g/mol. The number of oxazole rings is 1. The summed E-state index contributed by atoms with van der Waals surface area (Å²) in [6.45, 7) is 11.5. The molecule has 1 atom stereocenters. The van der Waals surface area contributed by atoms with Gasteiger partial charge in [-0.1, -0.05) is 45.4 Å². The maximum absolute atomic E-state index is 13.8. The van der Waals surface area contributed by atoms with Crippen LogP contribution in [0, 0.1) is 18.8 Å². The van der Waals surface area contributed by atoms with Crippen molar-refractivity contribution in [2.24, 2.45) is 16.2 Å². The predicted molar refractivity (Wildman–Crippen MR) is 163 cm³/mol. The zero-order valence-electron chi connectivity index (χ0n) is 25.0. The number of Topliss-reactive ketones (excluding diaryl/α,β-unsaturated/α-hetero) is 1. The number of rotatable bonds is 15. The van der Waals surface area contributed by atoms with Crippen LogP contribution in [-0.2, 0) is 10.0 Å². The van der Waals surface area contributed by atoms with Gasteiger partial charge in [-0.15, -0.1) is 16.0 Å². The SMILES string of the molecule is Cc1ccc(S(=O)(=O)/N=c2\ccc(C(=O)N(CCC(C)C)CCC(C)C)cn2C(CCCCl)C(=O)c2ncco2)cc1. The smallest absolute Gasteiger partial charge is 0.284 e. The molecule has 0 aliphatic rings. The standard InChI is InChI=1S/C31H41ClN4O5S/c1-22(2)14-18-35(19-15-23(3)4)31(38)25-10-13-28(34-42(39,40)26-11-8-24(5)9-12-26)36(21-25)27(7-6-16-32)29(37)30-33-17-20-41-30/h8-13,17,20-23,27H,6-7,14-16,18-19H2,1-5H3/b34-28+. The minimum atomic E-state index is -4.14. The molecule has 3 rings (SSSR count). The molecule has 0 bridgehead atoms. The number of pyridine rings is 1. The fourth-order valence-electron chi connectivity index (χ4n) is 4.33. The lowest BCUT2D eigenvalue weighted by Gasteiger charge is -2.26. The maximum atomic E-state index is 13.8. The van der Waals surface area contributed by atoms with Gasteiger partial charge in [0.05, 0.1) is 16.7 Å². The number of hydrogen-bond acceptors (Lipinski definition) is 6. The van der Waals surface area contributed by atoms with Crippen LogP contribution in [0.1, 0.15) is 86.0 Å². The van der Waals surface area contributed by atoms with E-state index in [4.69, 9.17) is 16.0 Å². The van der Waals surface area contributed by atoms with Crippen LogP contribution < -0.4 is 5.49 Å². The van der Waals surface area contributed by atoms with Gasteiger partial charge in [0.1, 0.15) is 17.8 Å². The Labute approximate surface area is 253 Å². The van der Waals surface area contributed by atoms with E-state index in [0.29, 0.717) is 36.9 Å². The van der Waals surface area contributed by atoms with Gasteiger partial charge in [0, 0.05) is 25.2 Å². The third-order valence-corrected chi connectivity index (χ3v) is 8.43. The first-order valence-corrected chi connectivity index (χ1v) is 16.3. The second-order valence-electron chi connectivity index (χ2n) is 11.3. The molecule has 2 heterocycles. The van der Waals surface area contributed by atoms with Crippen LogP contribution in [0.3, 0.4) is 0 Å². The molecule has 0 radical (unpaired) electrons. The van der Waals surface area contributed by atoms with E-state index in [1.54, 1.807) is 18.2 Å². The molecule has 0 saturated heterocycles. The summed E-state index contributed by atoms with van der Waals surface area (Å²) in [7, 11) is -4.14. The summed E-state index contributed by atoms with van der Waals surface area (Å²) in [5.74, 6) is 0.312. The molecule has 0 saturated carbocycles. The summed E-state index contributed by atoms with van der Waals surface area (Å²) in [5, 5.41) is 0. The van der Waals surface area contributed by atoms with Crippen molar-refractivity contribution in [1.29, 1.82) is 0 Å². The lowest BCUT2D eigenvalue weighted by molar-refractivity contribution is 0.0737. The number of carbonyl (C=O) groups excluding carboxylic acids is 2. The first-order chi connectivity index (χ1) is 19.9. The van der Waals surface area contributed by atoms with Crippen molar-refractivity contribution in [3.8, 4) is 0 Å². The predicted octanol–water partition coefficient (Wildman–Crippen LogP) is 6.05. The lowest BCUT2D eigenvalue weighted by Crippen LogP contribution is -2.36. The number of hydrogen-bond donors (Lipinski definition) is 0. The molecule has 0 aliphatic carbocycles. The van der Waals surface area contributed by atoms with Crippen LogP contribution in [0.5, 0.6) is 0 Å². The molecule has 1 aromatic carbocycles. The van der Waals surface area contributed by atoms with Crippen molar-refractivity contribution in [3.05, 3.63) is 77.6 Å². The number of halogens is 1. The molecule has 3 aromatic rings. The van der Waals surface area contributed by atoms with Gasteiger partial charge >= 0.3 is 0 Å². The largest absolute Gasteiger partial charge is 0.442 e. The van der Waals surface area contributed by atoms with Crippen molar-refractivity contribution < 1.29 is 22.4 Å². The molecule has 0 aliphatic heterocycles. The molecular formula is C31H41ClN4O5S. The molecule has 9 nitrogen and oxygen atoms in total. The van der Waals surface area contributed by atoms with Crippen molar-refractivity contribution in [2.75, 3.05) is 19.0 Å². The van der Waals surface area contributed by atoms with E-state index in [0.717, 1.165) is 18.4 Å². The van der Waals surface area contributed by atoms with Crippen LogP contribution in [0.15, 0.2) is 68.8 Å². The van der Waals surface area contributed by atoms with Gasteiger partial charge in [-0.2, -0.15) is 8.42 Å². The number of sulfonamides is 1. The third kappa shape index (κ3) is 9.13. The minimum absolute atomic E-state index is 0.00233. The Balaban J connectivity index is 2.18. The number of amides is 1. The average molecular weight is 617 g/mol. The van der Waals surface area contributed by atoms with Crippen molar-refractivity contribution in [1.82, 2.24) is 14.5 Å². The van der Waals surface area contributed by atoms with E-state index in [1.165, 1.54) is 41.4 Å². The van der Waals surface area contributed by atoms with Crippen LogP contribution in [0.2, 0.25) is 0 Å². The van der Waals surface area contributed by atoms with Gasteiger partial charge in [-0.25, -0.2) is 4.98 Å². The Bertz CT molecular complexity index is 1480. The van der Waals surface area contributed by atoms with E-state index < -0.39 is 21.8 Å². The first-order valence-electron chi connectivity index (χ1n) is 14.3. The highest BCUT2D eigenvalue weighted by molar-refractivity contribution is 7.90. The Morgan fingerprint density at radius 3 is 2.19 bits per heavy atom. The Kier molecular flexibility index (Phi) is 12.1. The summed E-state index contributed by atoms with van der Waals surface area (Å²) in [5.41, 5.74) is 1.23. The van der Waals surface area contributed by atoms with Crippen LogP contribution in [0.4, 0.5) is 0 Å². The fraction of sp³-hybridized carbons (Fsp3) is 0.484. The highest BCUT2D eigenvalue weighted by atomic mass is 35.5. The van der Waals surface area contributed by atoms with Crippen molar-refractivity contribution in [3.63, 3.8) is 0 Å². The molecule has 0 fully saturated rings. The van der Waals surface area contributed by atoms with Gasteiger partial charge in [-0.3, -0.25) is 9.59 Å². The van der Waals surface area contributed by atoms with Gasteiger partial charge in [0.15, 0.2) is 0 Å². The second kappa shape index (κ2) is 15.3. The Hall–Kier alpha value is -3.24. The fourth-order valence-corrected chi connectivity index (χ4v) is 5.47. The third-order valence-electron chi connectivity index (χ3n) is 6.87. The molecular weight excluding hydrogens is 576 g/mol. The number of benzene rings is 1. The topological polar surface area (TPSA) is 115 Å². The summed E-state index contributed by atoms with van der Waals surface area (Å²) in [6, 6.07) is 8.43. The lowest BCUT2D eigenvalue weighted by atomic mass is 10.1. The molecule has 228 valence electrons. The number of aromatic nitrogens is 2. The number of carbonyl (C=O) groups is 2. The zero-order chi connectivity index (χ0) is 30.9. The van der Waals surface area contributed by atoms with Gasteiger partial charge in [0.2, 0.25) is 5.78 Å². The van der Waals surface area contributed by atoms with Crippen LogP contribution in [-0.4, -0.2) is 53.5 Å². The van der Waals surface area contributed by atoms with Crippen LogP contribution in [0.25, 0.3) is 0 Å². The molecule has 1 amide bonds. The number of nitrogens with zero attached hydrogens (tertiary/aromatic N) is 4. The van der Waals surface area contributed by atoms with E-state index >= 15 is 0 Å². The summed E-state index contributed by atoms with van der Waals surface area (Å²) < 4.78 is 37.5. The van der Waals surface area contributed by atoms with Gasteiger partial charge in [0.25, 0.3) is 21.8 Å². The van der Waals surface area contributed by atoms with E-state index in [9.17, 15) is 18.0 Å². The molecule has 0 spiro atoms. The van der Waals surface area contributed by atoms with Gasteiger partial charge < -0.3 is 13.9 Å². The van der Waals surface area contributed by atoms with Crippen molar-refractivity contribution in [2.45, 2.75) is 71.2 Å². The number of alkyl halides is 1. The molecule has 2 aromatic heterocycles. The van der Waals surface area contributed by atoms with Crippen LogP contribution >= 0.6 is 11.6 Å². The molecule has 11 heteroatoms. The highest BCUT2D eigenvalue weighted by Gasteiger charge is 2.27. The average Bonchev–Trinajstić information content (AvgIpc) is 3.48. The van der Waals surface area contributed by atoms with E-state index in [-0.39, 0.29) is 34.5 Å². The maximum Gasteiger partial charge on any atom is 0.284 e. The zero-order valence-corrected chi connectivity index (χ0v) is 26.6. The summed E-state index contributed by atoms with van der Waals surface area (Å²) >= 11 is 6.01. The normalized spacial score (nSPS) is 13.1. The molecule has 1 unspecified atom stereocenters. The summed E-state index contributed by atoms with van der Waals surface area (Å²) in [6.07, 6.45) is 6.56. The summed E-state index contributed by atoms with van der Waals surface area (Å²) in [4.78, 5) is 33.3. The highest BCUT2D eigenvalue weighted by Crippen LogP contribution is 2.21. The van der Waals surface area contributed by atoms with E-state index in [2.05, 4.69) is 37.1 Å². The first kappa shape index (κ1) is 33.3. The Morgan fingerprint density at radius 2 is 1.64 bits per heavy atom. The van der Waals surface area contributed by atoms with Crippen molar-refractivity contribution >= 4 is 33.3 Å². The number of aryl methyl sites for hydroxylation is 1. The minimum Gasteiger partial charge on any atom is -0.442 e. The molecule has 0 N–H and O–H groups in total. The quantitative estimate of drug-likeness (QED) is 0.152. The van der Waals surface area contributed by atoms with E-state index in [1.807, 2.05) is 11.8 Å². The second-order valence-corrected chi connectivity index (χ2v) is 13.3. The number of ketones is 1.